The molecule has 4 heteroatoms. The van der Waals surface area contributed by atoms with Crippen molar-refractivity contribution in [2.75, 3.05) is 13.1 Å². The largest absolute Gasteiger partial charge is 0.487 e. The molecular weight excluding hydrogens is 300 g/mol. The molecule has 4 nitrogen and oxygen atoms in total. The highest BCUT2D eigenvalue weighted by atomic mass is 16.5. The highest BCUT2D eigenvalue weighted by molar-refractivity contribution is 5.81. The maximum atomic E-state index is 12.1. The highest BCUT2D eigenvalue weighted by Gasteiger charge is 2.37. The van der Waals surface area contributed by atoms with Crippen molar-refractivity contribution in [1.82, 2.24) is 9.88 Å². The molecule has 2 heterocycles. The molecule has 24 heavy (non-hydrogen) atoms. The summed E-state index contributed by atoms with van der Waals surface area (Å²) in [7, 11) is 0. The van der Waals surface area contributed by atoms with Gasteiger partial charge in [0.15, 0.2) is 0 Å². The number of carbonyl (C=O) groups is 1. The Bertz CT molecular complexity index is 595. The SMILES string of the molecule is CC[C@@H](C)C/C=C/c1cncc(O[C@@H]2CCN(C(=O)C3CC3)C2)c1. The van der Waals surface area contributed by atoms with E-state index in [9.17, 15) is 4.79 Å². The minimum atomic E-state index is 0.0915. The Labute approximate surface area is 144 Å². The molecule has 130 valence electrons. The maximum absolute atomic E-state index is 12.1. The zero-order valence-electron chi connectivity index (χ0n) is 14.8. The maximum Gasteiger partial charge on any atom is 0.225 e. The molecule has 0 N–H and O–H groups in total. The van der Waals surface area contributed by atoms with E-state index in [4.69, 9.17) is 4.74 Å². The Morgan fingerprint density at radius 2 is 2.25 bits per heavy atom. The standard InChI is InChI=1S/C20H28N2O2/c1-3-15(2)5-4-6-16-11-19(13-21-12-16)24-18-9-10-22(14-18)20(23)17-7-8-17/h4,6,11-13,15,17-18H,3,5,7-10,14H2,1-2H3/b6-4+/t15-,18-/m1/s1. The first-order chi connectivity index (χ1) is 11.7. The summed E-state index contributed by atoms with van der Waals surface area (Å²) in [5.41, 5.74) is 1.07. The minimum Gasteiger partial charge on any atom is -0.487 e. The van der Waals surface area contributed by atoms with Gasteiger partial charge < -0.3 is 9.64 Å². The molecule has 1 saturated heterocycles. The number of rotatable bonds is 7. The number of nitrogens with zero attached hydrogens (tertiary/aromatic N) is 2. The van der Waals surface area contributed by atoms with Crippen molar-refractivity contribution in [1.29, 1.82) is 0 Å². The average molecular weight is 328 g/mol. The van der Waals surface area contributed by atoms with Crippen molar-refractivity contribution < 1.29 is 9.53 Å². The van der Waals surface area contributed by atoms with Crippen LogP contribution in [0.15, 0.2) is 24.5 Å². The fourth-order valence-electron chi connectivity index (χ4n) is 3.00. The van der Waals surface area contributed by atoms with Crippen LogP contribution in [0.25, 0.3) is 6.08 Å². The van der Waals surface area contributed by atoms with Crippen molar-refractivity contribution in [2.45, 2.75) is 52.1 Å². The number of ether oxygens (including phenoxy) is 1. The van der Waals surface area contributed by atoms with Crippen LogP contribution in [-0.4, -0.2) is 35.0 Å². The third kappa shape index (κ3) is 4.59. The molecule has 0 radical (unpaired) electrons. The zero-order chi connectivity index (χ0) is 16.9. The topological polar surface area (TPSA) is 42.4 Å². The normalized spacial score (nSPS) is 22.1. The van der Waals surface area contributed by atoms with Crippen molar-refractivity contribution in [2.24, 2.45) is 11.8 Å². The number of hydrogen-bond donors (Lipinski definition) is 0. The average Bonchev–Trinajstić information content (AvgIpc) is 3.34. The van der Waals surface area contributed by atoms with Gasteiger partial charge in [0.25, 0.3) is 0 Å². The van der Waals surface area contributed by atoms with Crippen LogP contribution in [0.3, 0.4) is 0 Å². The first kappa shape index (κ1) is 17.0. The van der Waals surface area contributed by atoms with Crippen LogP contribution in [0.5, 0.6) is 5.75 Å². The predicted molar refractivity (Wildman–Crippen MR) is 95.7 cm³/mol. The molecule has 1 aromatic rings. The van der Waals surface area contributed by atoms with Crippen LogP contribution >= 0.6 is 0 Å². The fraction of sp³-hybridized carbons (Fsp3) is 0.600. The molecule has 0 aromatic carbocycles. The molecule has 2 aliphatic rings. The van der Waals surface area contributed by atoms with Gasteiger partial charge in [-0.2, -0.15) is 0 Å². The number of likely N-dealkylation sites (tertiary alicyclic amines) is 1. The van der Waals surface area contributed by atoms with E-state index < -0.39 is 0 Å². The van der Waals surface area contributed by atoms with E-state index in [0.717, 1.165) is 43.5 Å². The summed E-state index contributed by atoms with van der Waals surface area (Å²) < 4.78 is 6.05. The number of aromatic nitrogens is 1. The first-order valence-corrected chi connectivity index (χ1v) is 9.22. The molecule has 0 bridgehead atoms. The van der Waals surface area contributed by atoms with Crippen LogP contribution < -0.4 is 4.74 Å². The number of hydrogen-bond acceptors (Lipinski definition) is 3. The van der Waals surface area contributed by atoms with Crippen LogP contribution in [-0.2, 0) is 4.79 Å². The van der Waals surface area contributed by atoms with Gasteiger partial charge in [-0.15, -0.1) is 0 Å². The fourth-order valence-corrected chi connectivity index (χ4v) is 3.00. The molecule has 0 unspecified atom stereocenters. The highest BCUT2D eigenvalue weighted by Crippen LogP contribution is 2.32. The lowest BCUT2D eigenvalue weighted by Crippen LogP contribution is -2.31. The third-order valence-corrected chi connectivity index (χ3v) is 4.97. The van der Waals surface area contributed by atoms with Gasteiger partial charge in [-0.25, -0.2) is 0 Å². The molecule has 3 rings (SSSR count). The number of amides is 1. The number of pyridine rings is 1. The summed E-state index contributed by atoms with van der Waals surface area (Å²) in [6, 6.07) is 2.03. The number of allylic oxidation sites excluding steroid dienone is 1. The number of carbonyl (C=O) groups excluding carboxylic acids is 1. The van der Waals surface area contributed by atoms with Gasteiger partial charge in [0.2, 0.25) is 5.91 Å². The minimum absolute atomic E-state index is 0.0915. The van der Waals surface area contributed by atoms with Crippen LogP contribution in [0.4, 0.5) is 0 Å². The van der Waals surface area contributed by atoms with Crippen LogP contribution in [0.2, 0.25) is 0 Å². The Hall–Kier alpha value is -1.84. The van der Waals surface area contributed by atoms with E-state index in [1.165, 1.54) is 6.42 Å². The van der Waals surface area contributed by atoms with Crippen LogP contribution in [0, 0.1) is 11.8 Å². The molecule has 1 amide bonds. The summed E-state index contributed by atoms with van der Waals surface area (Å²) in [5, 5.41) is 0. The summed E-state index contributed by atoms with van der Waals surface area (Å²) in [6.07, 6.45) is 13.4. The van der Waals surface area contributed by atoms with Gasteiger partial charge in [-0.05, 0) is 36.8 Å². The molecule has 2 atom stereocenters. The van der Waals surface area contributed by atoms with E-state index >= 15 is 0 Å². The van der Waals surface area contributed by atoms with Crippen LogP contribution in [0.1, 0.15) is 51.5 Å². The molecule has 0 spiro atoms. The van der Waals surface area contributed by atoms with E-state index in [1.807, 2.05) is 17.2 Å². The molecule has 1 aromatic heterocycles. The first-order valence-electron chi connectivity index (χ1n) is 9.22. The Kier molecular flexibility index (Phi) is 5.54. The van der Waals surface area contributed by atoms with E-state index in [-0.39, 0.29) is 6.10 Å². The summed E-state index contributed by atoms with van der Waals surface area (Å²) in [5.74, 6) is 2.12. The quantitative estimate of drug-likeness (QED) is 0.762. The van der Waals surface area contributed by atoms with E-state index in [1.54, 1.807) is 6.20 Å². The lowest BCUT2D eigenvalue weighted by atomic mass is 10.0. The van der Waals surface area contributed by atoms with Crippen molar-refractivity contribution in [3.05, 3.63) is 30.1 Å². The second kappa shape index (κ2) is 7.82. The Morgan fingerprint density at radius 1 is 1.42 bits per heavy atom. The van der Waals surface area contributed by atoms with Gasteiger partial charge in [-0.1, -0.05) is 32.4 Å². The lowest BCUT2D eigenvalue weighted by molar-refractivity contribution is -0.131. The summed E-state index contributed by atoms with van der Waals surface area (Å²) in [6.45, 7) is 6.01. The Balaban J connectivity index is 1.52. The van der Waals surface area contributed by atoms with Gasteiger partial charge in [-0.3, -0.25) is 9.78 Å². The molecule has 1 aliphatic carbocycles. The summed E-state index contributed by atoms with van der Waals surface area (Å²) in [4.78, 5) is 18.4. The van der Waals surface area contributed by atoms with Gasteiger partial charge in [0.1, 0.15) is 11.9 Å². The smallest absolute Gasteiger partial charge is 0.225 e. The lowest BCUT2D eigenvalue weighted by Gasteiger charge is -2.17. The Morgan fingerprint density at radius 3 is 3.00 bits per heavy atom. The zero-order valence-corrected chi connectivity index (χ0v) is 14.8. The molecular formula is C20H28N2O2. The van der Waals surface area contributed by atoms with Gasteiger partial charge in [0, 0.05) is 25.1 Å². The van der Waals surface area contributed by atoms with Crippen molar-refractivity contribution >= 4 is 12.0 Å². The van der Waals surface area contributed by atoms with Crippen molar-refractivity contribution in [3.8, 4) is 5.75 Å². The predicted octanol–water partition coefficient (Wildman–Crippen LogP) is 3.92. The third-order valence-electron chi connectivity index (χ3n) is 4.97. The van der Waals surface area contributed by atoms with Crippen molar-refractivity contribution in [3.63, 3.8) is 0 Å². The van der Waals surface area contributed by atoms with Gasteiger partial charge in [0.05, 0.1) is 12.7 Å². The van der Waals surface area contributed by atoms with E-state index in [2.05, 4.69) is 31.0 Å². The second-order valence-electron chi connectivity index (χ2n) is 7.19. The summed E-state index contributed by atoms with van der Waals surface area (Å²) >= 11 is 0. The molecule has 1 aliphatic heterocycles. The monoisotopic (exact) mass is 328 g/mol. The molecule has 2 fully saturated rings. The van der Waals surface area contributed by atoms with Gasteiger partial charge >= 0.3 is 0 Å². The van der Waals surface area contributed by atoms with E-state index in [0.29, 0.717) is 24.3 Å². The molecule has 1 saturated carbocycles. The second-order valence-corrected chi connectivity index (χ2v) is 7.19.